The molecule has 0 atom stereocenters. The monoisotopic (exact) mass is 405 g/mol. The minimum absolute atomic E-state index is 0.112. The lowest BCUT2D eigenvalue weighted by atomic mass is 10.1. The first-order chi connectivity index (χ1) is 13.3. The first kappa shape index (κ1) is 21.6. The fourth-order valence-electron chi connectivity index (χ4n) is 2.42. The predicted octanol–water partition coefficient (Wildman–Crippen LogP) is 4.49. The van der Waals surface area contributed by atoms with Crippen molar-refractivity contribution in [2.75, 3.05) is 19.0 Å². The molecular weight excluding hydrogens is 382 g/mol. The maximum absolute atomic E-state index is 12.3. The molecule has 0 aliphatic carbocycles. The highest BCUT2D eigenvalue weighted by Crippen LogP contribution is 2.37. The van der Waals surface area contributed by atoms with Gasteiger partial charge in [0.25, 0.3) is 5.91 Å². The molecule has 2 aromatic carbocycles. The lowest BCUT2D eigenvalue weighted by Gasteiger charge is -2.16. The molecule has 0 fully saturated rings. The van der Waals surface area contributed by atoms with Gasteiger partial charge in [-0.05, 0) is 50.1 Å². The quantitative estimate of drug-likeness (QED) is 0.655. The van der Waals surface area contributed by atoms with Crippen LogP contribution >= 0.6 is 11.6 Å². The zero-order chi connectivity index (χ0) is 20.7. The van der Waals surface area contributed by atoms with Gasteiger partial charge in [0.2, 0.25) is 0 Å². The van der Waals surface area contributed by atoms with Crippen LogP contribution in [0.3, 0.4) is 0 Å². The summed E-state index contributed by atoms with van der Waals surface area (Å²) in [6.45, 7) is 5.34. The molecule has 2 aromatic rings. The minimum Gasteiger partial charge on any atom is -0.493 e. The van der Waals surface area contributed by atoms with E-state index in [0.29, 0.717) is 17.2 Å². The summed E-state index contributed by atoms with van der Waals surface area (Å²) in [6.07, 6.45) is 0.804. The van der Waals surface area contributed by atoms with Crippen molar-refractivity contribution in [3.05, 3.63) is 52.5 Å². The Hall–Kier alpha value is -2.73. The van der Waals surface area contributed by atoms with Crippen molar-refractivity contribution in [2.45, 2.75) is 33.3 Å². The predicted molar refractivity (Wildman–Crippen MR) is 109 cm³/mol. The number of carbonyl (C=O) groups is 2. The molecule has 6 nitrogen and oxygen atoms in total. The van der Waals surface area contributed by atoms with E-state index in [1.54, 1.807) is 12.1 Å². The third-order valence-electron chi connectivity index (χ3n) is 3.80. The Morgan fingerprint density at radius 3 is 2.39 bits per heavy atom. The second kappa shape index (κ2) is 9.99. The van der Waals surface area contributed by atoms with E-state index in [1.807, 2.05) is 26.0 Å². The number of esters is 1. The van der Waals surface area contributed by atoms with Gasteiger partial charge in [0, 0.05) is 5.69 Å². The van der Waals surface area contributed by atoms with Crippen LogP contribution in [0.2, 0.25) is 5.02 Å². The molecule has 0 saturated carbocycles. The number of halogens is 1. The number of hydrogen-bond donors (Lipinski definition) is 1. The van der Waals surface area contributed by atoms with E-state index in [4.69, 9.17) is 25.8 Å². The number of methoxy groups -OCH3 is 1. The number of benzene rings is 2. The zero-order valence-corrected chi connectivity index (χ0v) is 17.1. The standard InChI is InChI=1S/C21H24ClNO5/c1-5-14-6-8-16(9-7-14)23-19(24)12-27-21(25)15-10-17(22)20(28-13(2)3)18(11-15)26-4/h6-11,13H,5,12H2,1-4H3,(H,23,24). The SMILES string of the molecule is CCc1ccc(NC(=O)COC(=O)c2cc(Cl)c(OC(C)C)c(OC)c2)cc1. The van der Waals surface area contributed by atoms with Crippen LogP contribution in [0.25, 0.3) is 0 Å². The summed E-state index contributed by atoms with van der Waals surface area (Å²) < 4.78 is 15.9. The summed E-state index contributed by atoms with van der Waals surface area (Å²) in [7, 11) is 1.45. The molecule has 0 aliphatic rings. The summed E-state index contributed by atoms with van der Waals surface area (Å²) in [4.78, 5) is 24.3. The lowest BCUT2D eigenvalue weighted by molar-refractivity contribution is -0.119. The normalized spacial score (nSPS) is 10.5. The number of hydrogen-bond acceptors (Lipinski definition) is 5. The Bertz CT molecular complexity index is 833. The number of rotatable bonds is 8. The van der Waals surface area contributed by atoms with Crippen molar-refractivity contribution in [2.24, 2.45) is 0 Å². The topological polar surface area (TPSA) is 73.9 Å². The highest BCUT2D eigenvalue weighted by Gasteiger charge is 2.18. The van der Waals surface area contributed by atoms with Crippen LogP contribution in [0.5, 0.6) is 11.5 Å². The molecule has 2 rings (SSSR count). The minimum atomic E-state index is -0.687. The summed E-state index contributed by atoms with van der Waals surface area (Å²) in [5.41, 5.74) is 1.97. The van der Waals surface area contributed by atoms with Crippen molar-refractivity contribution >= 4 is 29.2 Å². The lowest BCUT2D eigenvalue weighted by Crippen LogP contribution is -2.21. The van der Waals surface area contributed by atoms with Gasteiger partial charge in [0.05, 0.1) is 23.8 Å². The van der Waals surface area contributed by atoms with Crippen LogP contribution in [0.15, 0.2) is 36.4 Å². The molecule has 0 aliphatic heterocycles. The first-order valence-corrected chi connectivity index (χ1v) is 9.32. The zero-order valence-electron chi connectivity index (χ0n) is 16.4. The number of aryl methyl sites for hydroxylation is 1. The number of ether oxygens (including phenoxy) is 3. The first-order valence-electron chi connectivity index (χ1n) is 8.94. The van der Waals surface area contributed by atoms with Crippen molar-refractivity contribution in [3.8, 4) is 11.5 Å². The largest absolute Gasteiger partial charge is 0.493 e. The highest BCUT2D eigenvalue weighted by molar-refractivity contribution is 6.32. The Labute approximate surface area is 169 Å². The molecule has 7 heteroatoms. The van der Waals surface area contributed by atoms with Gasteiger partial charge in [0.15, 0.2) is 18.1 Å². The Kier molecular flexibility index (Phi) is 7.70. The van der Waals surface area contributed by atoms with Gasteiger partial charge in [-0.3, -0.25) is 4.79 Å². The van der Waals surface area contributed by atoms with E-state index < -0.39 is 18.5 Å². The summed E-state index contributed by atoms with van der Waals surface area (Å²) in [6, 6.07) is 10.3. The number of anilines is 1. The van der Waals surface area contributed by atoms with E-state index in [2.05, 4.69) is 12.2 Å². The van der Waals surface area contributed by atoms with Crippen LogP contribution in [-0.4, -0.2) is 31.7 Å². The van der Waals surface area contributed by atoms with Crippen LogP contribution < -0.4 is 14.8 Å². The van der Waals surface area contributed by atoms with Crippen molar-refractivity contribution in [1.82, 2.24) is 0 Å². The Morgan fingerprint density at radius 1 is 1.14 bits per heavy atom. The van der Waals surface area contributed by atoms with Crippen molar-refractivity contribution in [3.63, 3.8) is 0 Å². The van der Waals surface area contributed by atoms with E-state index in [1.165, 1.54) is 24.8 Å². The van der Waals surface area contributed by atoms with E-state index >= 15 is 0 Å². The maximum atomic E-state index is 12.3. The number of amides is 1. The van der Waals surface area contributed by atoms with Gasteiger partial charge >= 0.3 is 5.97 Å². The maximum Gasteiger partial charge on any atom is 0.338 e. The summed E-state index contributed by atoms with van der Waals surface area (Å²) in [5, 5.41) is 2.90. The van der Waals surface area contributed by atoms with Gasteiger partial charge in [-0.25, -0.2) is 4.79 Å². The van der Waals surface area contributed by atoms with Crippen molar-refractivity contribution in [1.29, 1.82) is 0 Å². The number of carbonyl (C=O) groups excluding carboxylic acids is 2. The molecule has 1 N–H and O–H groups in total. The molecule has 0 radical (unpaired) electrons. The van der Waals surface area contributed by atoms with Crippen LogP contribution in [0, 0.1) is 0 Å². The van der Waals surface area contributed by atoms with Gasteiger partial charge < -0.3 is 19.5 Å². The fourth-order valence-corrected chi connectivity index (χ4v) is 2.68. The summed E-state index contributed by atoms with van der Waals surface area (Å²) >= 11 is 6.20. The molecule has 28 heavy (non-hydrogen) atoms. The molecule has 0 heterocycles. The van der Waals surface area contributed by atoms with Gasteiger partial charge in [-0.1, -0.05) is 30.7 Å². The van der Waals surface area contributed by atoms with E-state index in [0.717, 1.165) is 6.42 Å². The molecular formula is C21H24ClNO5. The van der Waals surface area contributed by atoms with Crippen LogP contribution in [-0.2, 0) is 16.0 Å². The van der Waals surface area contributed by atoms with E-state index in [9.17, 15) is 9.59 Å². The van der Waals surface area contributed by atoms with Crippen molar-refractivity contribution < 1.29 is 23.8 Å². The molecule has 0 unspecified atom stereocenters. The van der Waals surface area contributed by atoms with E-state index in [-0.39, 0.29) is 16.7 Å². The Balaban J connectivity index is 1.99. The molecule has 0 aromatic heterocycles. The molecule has 0 spiro atoms. The average molecular weight is 406 g/mol. The second-order valence-electron chi connectivity index (χ2n) is 6.33. The van der Waals surface area contributed by atoms with Crippen LogP contribution in [0.4, 0.5) is 5.69 Å². The second-order valence-corrected chi connectivity index (χ2v) is 6.74. The average Bonchev–Trinajstić information content (AvgIpc) is 2.67. The highest BCUT2D eigenvalue weighted by atomic mass is 35.5. The van der Waals surface area contributed by atoms with Gasteiger partial charge in [-0.15, -0.1) is 0 Å². The van der Waals surface area contributed by atoms with Gasteiger partial charge in [0.1, 0.15) is 0 Å². The molecule has 150 valence electrons. The Morgan fingerprint density at radius 2 is 1.82 bits per heavy atom. The molecule has 1 amide bonds. The fraction of sp³-hybridized carbons (Fsp3) is 0.333. The van der Waals surface area contributed by atoms with Gasteiger partial charge in [-0.2, -0.15) is 0 Å². The summed E-state index contributed by atoms with van der Waals surface area (Å²) in [5.74, 6) is -0.458. The number of nitrogens with one attached hydrogen (secondary N) is 1. The molecule has 0 saturated heterocycles. The smallest absolute Gasteiger partial charge is 0.338 e. The third-order valence-corrected chi connectivity index (χ3v) is 4.08. The van der Waals surface area contributed by atoms with Crippen LogP contribution in [0.1, 0.15) is 36.7 Å². The molecule has 0 bridgehead atoms. The third kappa shape index (κ3) is 5.89.